The molecule has 0 unspecified atom stereocenters. The Hall–Kier alpha value is -0.690. The van der Waals surface area contributed by atoms with Crippen LogP contribution in [-0.2, 0) is 14.9 Å². The van der Waals surface area contributed by atoms with Gasteiger partial charge in [-0.1, -0.05) is 16.5 Å². The summed E-state index contributed by atoms with van der Waals surface area (Å²) in [4.78, 5) is 10.6. The first-order valence-electron chi connectivity index (χ1n) is 4.52. The summed E-state index contributed by atoms with van der Waals surface area (Å²) in [6.45, 7) is 5.17. The van der Waals surface area contributed by atoms with E-state index in [1.807, 2.05) is 4.89 Å². The molecule has 0 amide bonds. The highest BCUT2D eigenvalue weighted by atomic mass is 35.5. The number of pyridine rings is 1. The monoisotopic (exact) mass is 264 g/mol. The Bertz CT molecular complexity index is 468. The molecule has 0 aliphatic carbocycles. The van der Waals surface area contributed by atoms with Gasteiger partial charge in [-0.25, -0.2) is 8.42 Å². The second kappa shape index (κ2) is 4.67. The number of hydrogen-bond acceptors (Lipinski definition) is 4. The lowest BCUT2D eigenvalue weighted by atomic mass is 10.2. The molecule has 0 atom stereocenters. The highest BCUT2D eigenvalue weighted by molar-refractivity contribution is 7.89. The molecule has 1 N–H and O–H groups in total. The van der Waals surface area contributed by atoms with Gasteiger partial charge in [0, 0.05) is 12.4 Å². The van der Waals surface area contributed by atoms with E-state index in [-0.39, 0.29) is 9.92 Å². The van der Waals surface area contributed by atoms with E-state index in [2.05, 4.69) is 4.98 Å². The van der Waals surface area contributed by atoms with E-state index in [1.54, 1.807) is 20.8 Å². The summed E-state index contributed by atoms with van der Waals surface area (Å²) in [6, 6.07) is 1.40. The summed E-state index contributed by atoms with van der Waals surface area (Å²) in [6.07, 6.45) is 2.57. The number of sulfonamides is 1. The molecule has 1 aromatic heterocycles. The van der Waals surface area contributed by atoms with E-state index in [0.29, 0.717) is 0 Å². The van der Waals surface area contributed by atoms with Crippen LogP contribution in [0.1, 0.15) is 20.8 Å². The summed E-state index contributed by atoms with van der Waals surface area (Å²) in [5.74, 6) is 0. The summed E-state index contributed by atoms with van der Waals surface area (Å²) >= 11 is 5.74. The Morgan fingerprint density at radius 1 is 1.44 bits per heavy atom. The molecule has 5 nitrogen and oxygen atoms in total. The Morgan fingerprint density at radius 2 is 2.06 bits per heavy atom. The molecule has 0 radical (unpaired) electrons. The fourth-order valence-corrected chi connectivity index (χ4v) is 2.17. The van der Waals surface area contributed by atoms with Crippen molar-refractivity contribution in [3.8, 4) is 0 Å². The van der Waals surface area contributed by atoms with E-state index < -0.39 is 15.6 Å². The fourth-order valence-electron chi connectivity index (χ4n) is 0.785. The minimum atomic E-state index is -3.79. The number of rotatable bonds is 3. The molecule has 0 aliphatic heterocycles. The van der Waals surface area contributed by atoms with Gasteiger partial charge in [-0.3, -0.25) is 9.82 Å². The van der Waals surface area contributed by atoms with E-state index >= 15 is 0 Å². The van der Waals surface area contributed by atoms with Gasteiger partial charge in [0.2, 0.25) is 0 Å². The van der Waals surface area contributed by atoms with Gasteiger partial charge in [0.05, 0.1) is 10.6 Å². The molecule has 1 heterocycles. The van der Waals surface area contributed by atoms with Crippen LogP contribution in [0.25, 0.3) is 0 Å². The summed E-state index contributed by atoms with van der Waals surface area (Å²) in [7, 11) is -3.79. The van der Waals surface area contributed by atoms with Crippen LogP contribution < -0.4 is 4.89 Å². The maximum atomic E-state index is 11.7. The van der Waals surface area contributed by atoms with E-state index in [9.17, 15) is 8.42 Å². The third kappa shape index (κ3) is 3.71. The summed E-state index contributed by atoms with van der Waals surface area (Å²) in [5, 5.41) is 0.0972. The predicted octanol–water partition coefficient (Wildman–Crippen LogP) is 1.74. The molecule has 7 heteroatoms. The normalized spacial score (nSPS) is 12.8. The molecule has 0 fully saturated rings. The lowest BCUT2D eigenvalue weighted by molar-refractivity contribution is -0.0357. The number of nitrogens with zero attached hydrogens (tertiary/aromatic N) is 1. The number of halogens is 1. The molecule has 16 heavy (non-hydrogen) atoms. The minimum absolute atomic E-state index is 0.0972. The van der Waals surface area contributed by atoms with Crippen molar-refractivity contribution in [1.82, 2.24) is 9.87 Å². The van der Waals surface area contributed by atoms with Crippen LogP contribution in [0.15, 0.2) is 23.4 Å². The van der Waals surface area contributed by atoms with Gasteiger partial charge in [0.15, 0.2) is 0 Å². The quantitative estimate of drug-likeness (QED) is 0.845. The van der Waals surface area contributed by atoms with Crippen LogP contribution in [0, 0.1) is 0 Å². The smallest absolute Gasteiger partial charge is 0.265 e. The summed E-state index contributed by atoms with van der Waals surface area (Å²) in [5.41, 5.74) is -0.623. The van der Waals surface area contributed by atoms with Crippen LogP contribution in [0.2, 0.25) is 5.02 Å². The Balaban J connectivity index is 2.92. The van der Waals surface area contributed by atoms with Crippen molar-refractivity contribution < 1.29 is 13.3 Å². The summed E-state index contributed by atoms with van der Waals surface area (Å²) < 4.78 is 23.5. The average Bonchev–Trinajstić information content (AvgIpc) is 2.14. The van der Waals surface area contributed by atoms with Crippen molar-refractivity contribution in [2.75, 3.05) is 0 Å². The Kier molecular flexibility index (Phi) is 3.90. The van der Waals surface area contributed by atoms with Crippen LogP contribution in [0.3, 0.4) is 0 Å². The molecule has 0 spiro atoms. The van der Waals surface area contributed by atoms with Crippen molar-refractivity contribution in [2.24, 2.45) is 0 Å². The van der Waals surface area contributed by atoms with Gasteiger partial charge in [0.1, 0.15) is 4.90 Å². The van der Waals surface area contributed by atoms with E-state index in [1.165, 1.54) is 12.3 Å². The lowest BCUT2D eigenvalue weighted by Crippen LogP contribution is -2.33. The van der Waals surface area contributed by atoms with Gasteiger partial charge in [-0.05, 0) is 26.8 Å². The zero-order valence-electron chi connectivity index (χ0n) is 9.19. The fraction of sp³-hybridized carbons (Fsp3) is 0.444. The second-order valence-corrected chi connectivity index (χ2v) is 6.13. The molecule has 0 aromatic carbocycles. The Labute approximate surface area is 99.8 Å². The minimum Gasteiger partial charge on any atom is -0.281 e. The zero-order valence-corrected chi connectivity index (χ0v) is 10.8. The van der Waals surface area contributed by atoms with Crippen molar-refractivity contribution in [1.29, 1.82) is 0 Å². The first-order valence-corrected chi connectivity index (χ1v) is 6.38. The van der Waals surface area contributed by atoms with Gasteiger partial charge in [0.25, 0.3) is 10.0 Å². The van der Waals surface area contributed by atoms with E-state index in [4.69, 9.17) is 16.4 Å². The van der Waals surface area contributed by atoms with Crippen molar-refractivity contribution in [3.05, 3.63) is 23.5 Å². The maximum Gasteiger partial charge on any atom is 0.265 e. The highest BCUT2D eigenvalue weighted by Gasteiger charge is 2.21. The van der Waals surface area contributed by atoms with Gasteiger partial charge in [-0.15, -0.1) is 0 Å². The third-order valence-corrected chi connectivity index (χ3v) is 3.13. The van der Waals surface area contributed by atoms with Crippen molar-refractivity contribution in [2.45, 2.75) is 31.3 Å². The Morgan fingerprint density at radius 3 is 2.56 bits per heavy atom. The molecular weight excluding hydrogens is 252 g/mol. The lowest BCUT2D eigenvalue weighted by Gasteiger charge is -2.19. The first kappa shape index (κ1) is 13.4. The average molecular weight is 265 g/mol. The van der Waals surface area contributed by atoms with Crippen molar-refractivity contribution >= 4 is 21.6 Å². The second-order valence-electron chi connectivity index (χ2n) is 4.11. The molecular formula is C9H13ClN2O3S. The van der Waals surface area contributed by atoms with Crippen LogP contribution in [-0.4, -0.2) is 19.0 Å². The number of nitrogens with one attached hydrogen (secondary N) is 1. The number of hydrogen-bond donors (Lipinski definition) is 1. The van der Waals surface area contributed by atoms with Gasteiger partial charge in [-0.2, -0.15) is 0 Å². The molecule has 1 rings (SSSR count). The van der Waals surface area contributed by atoms with E-state index in [0.717, 1.165) is 6.20 Å². The topological polar surface area (TPSA) is 68.3 Å². The van der Waals surface area contributed by atoms with Gasteiger partial charge < -0.3 is 0 Å². The molecule has 90 valence electrons. The van der Waals surface area contributed by atoms with Gasteiger partial charge >= 0.3 is 0 Å². The van der Waals surface area contributed by atoms with Crippen molar-refractivity contribution in [3.63, 3.8) is 0 Å². The SMILES string of the molecule is CC(C)(C)ONS(=O)(=O)c1cnccc1Cl. The third-order valence-electron chi connectivity index (χ3n) is 1.48. The molecule has 0 saturated heterocycles. The molecule has 1 aromatic rings. The number of aromatic nitrogens is 1. The maximum absolute atomic E-state index is 11.7. The van der Waals surface area contributed by atoms with Crippen LogP contribution >= 0.6 is 11.6 Å². The zero-order chi connectivity index (χ0) is 12.4. The standard InChI is InChI=1S/C9H13ClN2O3S/c1-9(2,3)15-12-16(13,14)8-6-11-5-4-7(8)10/h4-6,12H,1-3H3. The molecule has 0 saturated carbocycles. The van der Waals surface area contributed by atoms with Crippen LogP contribution in [0.5, 0.6) is 0 Å². The molecule has 0 bridgehead atoms. The van der Waals surface area contributed by atoms with Crippen LogP contribution in [0.4, 0.5) is 0 Å². The molecule has 0 aliphatic rings. The largest absolute Gasteiger partial charge is 0.281 e. The predicted molar refractivity (Wildman–Crippen MR) is 60.4 cm³/mol. The highest BCUT2D eigenvalue weighted by Crippen LogP contribution is 2.19. The first-order chi connectivity index (χ1) is 7.22.